The fraction of sp³-hybridized carbons (Fsp3) is 0.389. The number of ether oxygens (including phenoxy) is 3. The van der Waals surface area contributed by atoms with E-state index in [-0.39, 0.29) is 5.69 Å². The third-order valence-corrected chi connectivity index (χ3v) is 4.99. The number of carbonyl (C=O) groups excluding carboxylic acids is 1. The summed E-state index contributed by atoms with van der Waals surface area (Å²) in [7, 11) is 3.21. The Morgan fingerprint density at radius 3 is 2.67 bits per heavy atom. The molecule has 0 unspecified atom stereocenters. The first-order valence-electron chi connectivity index (χ1n) is 8.43. The SMILES string of the molecule is CCOCCn1c(=NC(=O)c2cc(C)on2)sc2c(OC)ccc(OC)c21. The van der Waals surface area contributed by atoms with Crippen LogP contribution in [-0.4, -0.2) is 43.1 Å². The maximum Gasteiger partial charge on any atom is 0.301 e. The zero-order valence-electron chi connectivity index (χ0n) is 15.6. The first-order valence-corrected chi connectivity index (χ1v) is 9.25. The third-order valence-electron chi connectivity index (χ3n) is 3.90. The summed E-state index contributed by atoms with van der Waals surface area (Å²) in [6, 6.07) is 5.22. The fourth-order valence-corrected chi connectivity index (χ4v) is 3.82. The van der Waals surface area contributed by atoms with Gasteiger partial charge in [0.05, 0.1) is 20.8 Å². The summed E-state index contributed by atoms with van der Waals surface area (Å²) in [5.74, 6) is 1.44. The lowest BCUT2D eigenvalue weighted by atomic mass is 10.3. The molecule has 0 aliphatic rings. The van der Waals surface area contributed by atoms with Gasteiger partial charge in [0, 0.05) is 19.2 Å². The Balaban J connectivity index is 2.19. The molecule has 0 bridgehead atoms. The second-order valence-corrected chi connectivity index (χ2v) is 6.60. The van der Waals surface area contributed by atoms with Crippen LogP contribution in [0.25, 0.3) is 10.2 Å². The van der Waals surface area contributed by atoms with E-state index in [0.29, 0.717) is 41.8 Å². The van der Waals surface area contributed by atoms with Gasteiger partial charge in [0.15, 0.2) is 10.5 Å². The largest absolute Gasteiger partial charge is 0.495 e. The number of benzene rings is 1. The van der Waals surface area contributed by atoms with Gasteiger partial charge in [-0.15, -0.1) is 0 Å². The predicted molar refractivity (Wildman–Crippen MR) is 101 cm³/mol. The molecule has 0 radical (unpaired) electrons. The van der Waals surface area contributed by atoms with E-state index in [4.69, 9.17) is 18.7 Å². The van der Waals surface area contributed by atoms with Crippen LogP contribution in [0.15, 0.2) is 27.7 Å². The van der Waals surface area contributed by atoms with Crippen molar-refractivity contribution in [3.63, 3.8) is 0 Å². The van der Waals surface area contributed by atoms with Gasteiger partial charge in [0.25, 0.3) is 0 Å². The summed E-state index contributed by atoms with van der Waals surface area (Å²) in [4.78, 5) is 17.3. The van der Waals surface area contributed by atoms with Gasteiger partial charge in [-0.3, -0.25) is 4.79 Å². The molecular weight excluding hydrogens is 370 g/mol. The molecule has 3 rings (SSSR count). The van der Waals surface area contributed by atoms with Crippen molar-refractivity contribution in [1.82, 2.24) is 9.72 Å². The van der Waals surface area contributed by atoms with Crippen molar-refractivity contribution < 1.29 is 23.5 Å². The van der Waals surface area contributed by atoms with E-state index in [9.17, 15) is 4.79 Å². The quantitative estimate of drug-likeness (QED) is 0.576. The highest BCUT2D eigenvalue weighted by molar-refractivity contribution is 7.16. The molecule has 2 aromatic heterocycles. The molecule has 1 amide bonds. The lowest BCUT2D eigenvalue weighted by Crippen LogP contribution is -2.20. The number of rotatable bonds is 7. The molecule has 0 atom stereocenters. The van der Waals surface area contributed by atoms with Crippen LogP contribution in [0.4, 0.5) is 0 Å². The van der Waals surface area contributed by atoms with Gasteiger partial charge in [0.1, 0.15) is 27.5 Å². The molecule has 144 valence electrons. The number of aromatic nitrogens is 2. The van der Waals surface area contributed by atoms with Crippen LogP contribution in [-0.2, 0) is 11.3 Å². The van der Waals surface area contributed by atoms with E-state index in [1.807, 2.05) is 23.6 Å². The van der Waals surface area contributed by atoms with Crippen LogP contribution < -0.4 is 14.3 Å². The van der Waals surface area contributed by atoms with E-state index in [1.165, 1.54) is 11.3 Å². The summed E-state index contributed by atoms with van der Waals surface area (Å²) in [6.45, 7) is 5.25. The molecule has 27 heavy (non-hydrogen) atoms. The minimum Gasteiger partial charge on any atom is -0.495 e. The lowest BCUT2D eigenvalue weighted by molar-refractivity contribution is 0.0988. The molecule has 0 saturated heterocycles. The number of hydrogen-bond donors (Lipinski definition) is 0. The van der Waals surface area contributed by atoms with Gasteiger partial charge < -0.3 is 23.3 Å². The number of fused-ring (bicyclic) bond motifs is 1. The Kier molecular flexibility index (Phi) is 5.92. The van der Waals surface area contributed by atoms with E-state index in [0.717, 1.165) is 10.2 Å². The normalized spacial score (nSPS) is 11.9. The van der Waals surface area contributed by atoms with E-state index >= 15 is 0 Å². The molecule has 0 spiro atoms. The lowest BCUT2D eigenvalue weighted by Gasteiger charge is -2.10. The number of thiazole rings is 1. The highest BCUT2D eigenvalue weighted by Crippen LogP contribution is 2.35. The van der Waals surface area contributed by atoms with Crippen molar-refractivity contribution >= 4 is 27.5 Å². The number of hydrogen-bond acceptors (Lipinski definition) is 7. The smallest absolute Gasteiger partial charge is 0.301 e. The Bertz CT molecular complexity index is 1020. The average Bonchev–Trinajstić information content (AvgIpc) is 3.25. The monoisotopic (exact) mass is 391 g/mol. The van der Waals surface area contributed by atoms with Crippen molar-refractivity contribution in [3.05, 3.63) is 34.5 Å². The van der Waals surface area contributed by atoms with Crippen LogP contribution in [0.2, 0.25) is 0 Å². The Labute approximate surface area is 160 Å². The molecule has 0 fully saturated rings. The van der Waals surface area contributed by atoms with Crippen LogP contribution >= 0.6 is 11.3 Å². The summed E-state index contributed by atoms with van der Waals surface area (Å²) in [6.07, 6.45) is 0. The minimum atomic E-state index is -0.471. The molecule has 2 heterocycles. The van der Waals surface area contributed by atoms with Crippen LogP contribution in [0.5, 0.6) is 11.5 Å². The first kappa shape index (κ1) is 19.1. The van der Waals surface area contributed by atoms with Crippen molar-refractivity contribution in [2.75, 3.05) is 27.4 Å². The summed E-state index contributed by atoms with van der Waals surface area (Å²) in [5, 5.41) is 3.74. The number of nitrogens with zero attached hydrogens (tertiary/aromatic N) is 3. The summed E-state index contributed by atoms with van der Waals surface area (Å²) in [5.41, 5.74) is 0.977. The van der Waals surface area contributed by atoms with E-state index in [2.05, 4.69) is 10.1 Å². The zero-order valence-corrected chi connectivity index (χ0v) is 16.5. The molecule has 0 aliphatic carbocycles. The first-order chi connectivity index (χ1) is 13.1. The molecular formula is C18H21N3O5S. The Morgan fingerprint density at radius 1 is 1.30 bits per heavy atom. The van der Waals surface area contributed by atoms with Gasteiger partial charge in [-0.05, 0) is 26.0 Å². The van der Waals surface area contributed by atoms with Gasteiger partial charge >= 0.3 is 5.91 Å². The molecule has 1 aromatic carbocycles. The zero-order chi connectivity index (χ0) is 19.4. The van der Waals surface area contributed by atoms with Gasteiger partial charge in [-0.1, -0.05) is 16.5 Å². The maximum atomic E-state index is 12.5. The summed E-state index contributed by atoms with van der Waals surface area (Å²) < 4.78 is 24.2. The number of amides is 1. The maximum absolute atomic E-state index is 12.5. The molecule has 0 N–H and O–H groups in total. The standard InChI is InChI=1S/C18H21N3O5S/c1-5-25-9-8-21-15-13(23-3)6-7-14(24-4)16(15)27-18(21)19-17(22)12-10-11(2)26-20-12/h6-7,10H,5,8-9H2,1-4H3. The van der Waals surface area contributed by atoms with Gasteiger partial charge in [-0.25, -0.2) is 0 Å². The van der Waals surface area contributed by atoms with E-state index in [1.54, 1.807) is 27.2 Å². The van der Waals surface area contributed by atoms with Crippen LogP contribution in [0.3, 0.4) is 0 Å². The number of methoxy groups -OCH3 is 2. The average molecular weight is 391 g/mol. The molecule has 3 aromatic rings. The molecule has 9 heteroatoms. The van der Waals surface area contributed by atoms with Gasteiger partial charge in [-0.2, -0.15) is 4.99 Å². The number of carbonyl (C=O) groups is 1. The Hall–Kier alpha value is -2.65. The molecule has 8 nitrogen and oxygen atoms in total. The molecule has 0 saturated carbocycles. The Morgan fingerprint density at radius 2 is 2.04 bits per heavy atom. The fourth-order valence-electron chi connectivity index (χ4n) is 2.66. The van der Waals surface area contributed by atoms with E-state index < -0.39 is 5.91 Å². The third kappa shape index (κ3) is 3.88. The van der Waals surface area contributed by atoms with Crippen LogP contribution in [0, 0.1) is 6.92 Å². The highest BCUT2D eigenvalue weighted by Gasteiger charge is 2.17. The predicted octanol–water partition coefficient (Wildman–Crippen LogP) is 2.79. The number of aryl methyl sites for hydroxylation is 1. The van der Waals surface area contributed by atoms with Gasteiger partial charge in [0.2, 0.25) is 0 Å². The van der Waals surface area contributed by atoms with Crippen molar-refractivity contribution in [2.24, 2.45) is 4.99 Å². The highest BCUT2D eigenvalue weighted by atomic mass is 32.1. The van der Waals surface area contributed by atoms with Crippen molar-refractivity contribution in [2.45, 2.75) is 20.4 Å². The minimum absolute atomic E-state index is 0.167. The second-order valence-electron chi connectivity index (χ2n) is 5.62. The molecule has 0 aliphatic heterocycles. The van der Waals surface area contributed by atoms with Crippen molar-refractivity contribution in [3.8, 4) is 11.5 Å². The summed E-state index contributed by atoms with van der Waals surface area (Å²) >= 11 is 1.35. The van der Waals surface area contributed by atoms with Crippen LogP contribution in [0.1, 0.15) is 23.2 Å². The topological polar surface area (TPSA) is 88.1 Å². The van der Waals surface area contributed by atoms with Crippen molar-refractivity contribution in [1.29, 1.82) is 0 Å². The second kappa shape index (κ2) is 8.36.